The Kier molecular flexibility index (Phi) is 4.04. The first-order valence-electron chi connectivity index (χ1n) is 8.52. The van der Waals surface area contributed by atoms with Crippen molar-refractivity contribution < 1.29 is 23.8 Å². The predicted octanol–water partition coefficient (Wildman–Crippen LogP) is 1.76. The molecular formula is C18H21NO5. The summed E-state index contributed by atoms with van der Waals surface area (Å²) in [5.41, 5.74) is 0.791. The first kappa shape index (κ1) is 15.3. The number of likely N-dealkylation sites (tertiary alicyclic amines) is 1. The van der Waals surface area contributed by atoms with Gasteiger partial charge in [0.15, 0.2) is 11.5 Å². The van der Waals surface area contributed by atoms with E-state index in [0.717, 1.165) is 12.1 Å². The fourth-order valence-electron chi connectivity index (χ4n) is 3.23. The monoisotopic (exact) mass is 331 g/mol. The summed E-state index contributed by atoms with van der Waals surface area (Å²) in [5.74, 6) is 1.37. The molecule has 1 aromatic rings. The molecule has 0 aromatic heterocycles. The Morgan fingerprint density at radius 2 is 2.08 bits per heavy atom. The maximum absolute atomic E-state index is 12.3. The van der Waals surface area contributed by atoms with Gasteiger partial charge < -0.3 is 19.1 Å². The van der Waals surface area contributed by atoms with Crippen LogP contribution in [0.25, 0.3) is 0 Å². The number of carbonyl (C=O) groups excluding carboxylic acids is 2. The average Bonchev–Trinajstić information content (AvgIpc) is 3.34. The number of hydrogen-bond donors (Lipinski definition) is 0. The number of carbonyl (C=O) groups is 2. The number of ether oxygens (including phenoxy) is 3. The van der Waals surface area contributed by atoms with Gasteiger partial charge in [0, 0.05) is 25.1 Å². The molecule has 0 spiro atoms. The zero-order valence-corrected chi connectivity index (χ0v) is 13.5. The number of hydrogen-bond acceptors (Lipinski definition) is 5. The van der Waals surface area contributed by atoms with Crippen LogP contribution < -0.4 is 9.47 Å². The minimum absolute atomic E-state index is 0.0673. The molecule has 2 aliphatic heterocycles. The fraction of sp³-hybridized carbons (Fsp3) is 0.556. The molecular weight excluding hydrogens is 310 g/mol. The van der Waals surface area contributed by atoms with E-state index in [0.29, 0.717) is 37.2 Å². The Labute approximate surface area is 140 Å². The molecule has 2 fully saturated rings. The second-order valence-corrected chi connectivity index (χ2v) is 6.69. The second kappa shape index (κ2) is 6.34. The molecule has 1 aromatic carbocycles. The molecule has 3 aliphatic rings. The molecule has 0 bridgehead atoms. The number of amides is 1. The standard InChI is InChI=1S/C18H21NO5/c20-16-8-14(10-19(16)9-12-4-5-12)18(21)24-11-13-2-1-3-15-17(13)23-7-6-22-15/h1-3,12,14H,4-11H2/t14-/m1/s1. The van der Waals surface area contributed by atoms with Crippen molar-refractivity contribution in [3.63, 3.8) is 0 Å². The van der Waals surface area contributed by atoms with Gasteiger partial charge in [0.1, 0.15) is 19.8 Å². The maximum Gasteiger partial charge on any atom is 0.311 e. The first-order chi connectivity index (χ1) is 11.7. The zero-order valence-electron chi connectivity index (χ0n) is 13.5. The highest BCUT2D eigenvalue weighted by Gasteiger charge is 2.38. The first-order valence-corrected chi connectivity index (χ1v) is 8.52. The van der Waals surface area contributed by atoms with Crippen LogP contribution in [0.5, 0.6) is 11.5 Å². The molecule has 24 heavy (non-hydrogen) atoms. The van der Waals surface area contributed by atoms with E-state index in [1.165, 1.54) is 12.8 Å². The van der Waals surface area contributed by atoms with Crippen molar-refractivity contribution in [3.8, 4) is 11.5 Å². The SMILES string of the molecule is O=C(OCc1cccc2c1OCCO2)[C@@H]1CC(=O)N(CC2CC2)C1. The Morgan fingerprint density at radius 3 is 2.92 bits per heavy atom. The maximum atomic E-state index is 12.3. The fourth-order valence-corrected chi connectivity index (χ4v) is 3.23. The third kappa shape index (κ3) is 3.18. The summed E-state index contributed by atoms with van der Waals surface area (Å²) in [7, 11) is 0. The van der Waals surface area contributed by atoms with Crippen LogP contribution in [0.15, 0.2) is 18.2 Å². The zero-order chi connectivity index (χ0) is 16.5. The van der Waals surface area contributed by atoms with Crippen LogP contribution in [0.1, 0.15) is 24.8 Å². The summed E-state index contributed by atoms with van der Waals surface area (Å²) >= 11 is 0. The summed E-state index contributed by atoms with van der Waals surface area (Å²) in [5, 5.41) is 0. The molecule has 1 atom stereocenters. The number of para-hydroxylation sites is 1. The molecule has 2 heterocycles. The predicted molar refractivity (Wildman–Crippen MR) is 84.6 cm³/mol. The smallest absolute Gasteiger partial charge is 0.311 e. The van der Waals surface area contributed by atoms with Gasteiger partial charge in [-0.2, -0.15) is 0 Å². The molecule has 1 saturated carbocycles. The van der Waals surface area contributed by atoms with Crippen LogP contribution in [0.4, 0.5) is 0 Å². The van der Waals surface area contributed by atoms with Crippen LogP contribution in [0.3, 0.4) is 0 Å². The van der Waals surface area contributed by atoms with E-state index in [4.69, 9.17) is 14.2 Å². The van der Waals surface area contributed by atoms with Crippen molar-refractivity contribution in [1.82, 2.24) is 4.90 Å². The van der Waals surface area contributed by atoms with Crippen LogP contribution in [0.2, 0.25) is 0 Å². The van der Waals surface area contributed by atoms with Crippen molar-refractivity contribution in [3.05, 3.63) is 23.8 Å². The highest BCUT2D eigenvalue weighted by atomic mass is 16.6. The second-order valence-electron chi connectivity index (χ2n) is 6.69. The van der Waals surface area contributed by atoms with Crippen molar-refractivity contribution >= 4 is 11.9 Å². The molecule has 1 saturated heterocycles. The molecule has 6 heteroatoms. The van der Waals surface area contributed by atoms with Crippen LogP contribution in [0, 0.1) is 11.8 Å². The quantitative estimate of drug-likeness (QED) is 0.769. The van der Waals surface area contributed by atoms with Gasteiger partial charge in [-0.1, -0.05) is 12.1 Å². The van der Waals surface area contributed by atoms with Gasteiger partial charge in [-0.05, 0) is 24.8 Å². The van der Waals surface area contributed by atoms with Crippen molar-refractivity contribution in [2.24, 2.45) is 11.8 Å². The van der Waals surface area contributed by atoms with Gasteiger partial charge in [-0.3, -0.25) is 9.59 Å². The Morgan fingerprint density at radius 1 is 1.25 bits per heavy atom. The highest BCUT2D eigenvalue weighted by molar-refractivity contribution is 5.86. The summed E-state index contributed by atoms with van der Waals surface area (Å²) in [6.07, 6.45) is 2.65. The summed E-state index contributed by atoms with van der Waals surface area (Å²) in [6, 6.07) is 5.55. The van der Waals surface area contributed by atoms with Gasteiger partial charge in [-0.25, -0.2) is 0 Å². The number of fused-ring (bicyclic) bond motifs is 1. The third-order valence-electron chi connectivity index (χ3n) is 4.74. The van der Waals surface area contributed by atoms with Crippen molar-refractivity contribution in [1.29, 1.82) is 0 Å². The van der Waals surface area contributed by atoms with E-state index < -0.39 is 0 Å². The molecule has 1 aliphatic carbocycles. The van der Waals surface area contributed by atoms with Crippen molar-refractivity contribution in [2.75, 3.05) is 26.3 Å². The topological polar surface area (TPSA) is 65.1 Å². The van der Waals surface area contributed by atoms with Gasteiger partial charge in [0.2, 0.25) is 5.91 Å². The molecule has 128 valence electrons. The lowest BCUT2D eigenvalue weighted by Gasteiger charge is -2.21. The summed E-state index contributed by atoms with van der Waals surface area (Å²) in [6.45, 7) is 2.43. The van der Waals surface area contributed by atoms with Gasteiger partial charge in [0.25, 0.3) is 0 Å². The summed E-state index contributed by atoms with van der Waals surface area (Å²) in [4.78, 5) is 26.1. The van der Waals surface area contributed by atoms with Crippen molar-refractivity contribution in [2.45, 2.75) is 25.9 Å². The van der Waals surface area contributed by atoms with Gasteiger partial charge >= 0.3 is 5.97 Å². The van der Waals surface area contributed by atoms with Crippen LogP contribution >= 0.6 is 0 Å². The number of rotatable bonds is 5. The van der Waals surface area contributed by atoms with E-state index in [-0.39, 0.29) is 30.8 Å². The number of esters is 1. The van der Waals surface area contributed by atoms with Gasteiger partial charge in [-0.15, -0.1) is 0 Å². The minimum atomic E-state index is -0.354. The van der Waals surface area contributed by atoms with Crippen LogP contribution in [-0.2, 0) is 20.9 Å². The molecule has 6 nitrogen and oxygen atoms in total. The van der Waals surface area contributed by atoms with Crippen LogP contribution in [-0.4, -0.2) is 43.1 Å². The normalized spacial score (nSPS) is 22.6. The average molecular weight is 331 g/mol. The summed E-state index contributed by atoms with van der Waals surface area (Å²) < 4.78 is 16.6. The molecule has 0 unspecified atom stereocenters. The lowest BCUT2D eigenvalue weighted by molar-refractivity contribution is -0.149. The van der Waals surface area contributed by atoms with Gasteiger partial charge in [0.05, 0.1) is 5.92 Å². The highest BCUT2D eigenvalue weighted by Crippen LogP contribution is 2.35. The van der Waals surface area contributed by atoms with E-state index in [1.54, 1.807) is 0 Å². The van der Waals surface area contributed by atoms with E-state index in [2.05, 4.69) is 0 Å². The lowest BCUT2D eigenvalue weighted by atomic mass is 10.1. The largest absolute Gasteiger partial charge is 0.486 e. The third-order valence-corrected chi connectivity index (χ3v) is 4.74. The molecule has 0 radical (unpaired) electrons. The molecule has 0 N–H and O–H groups in total. The van der Waals surface area contributed by atoms with E-state index >= 15 is 0 Å². The Bertz CT molecular complexity index is 655. The van der Waals surface area contributed by atoms with E-state index in [1.807, 2.05) is 23.1 Å². The lowest BCUT2D eigenvalue weighted by Crippen LogP contribution is -2.28. The molecule has 1 amide bonds. The number of nitrogens with zero attached hydrogens (tertiary/aromatic N) is 1. The number of benzene rings is 1. The Hall–Kier alpha value is -2.24. The van der Waals surface area contributed by atoms with E-state index in [9.17, 15) is 9.59 Å². The Balaban J connectivity index is 1.34. The minimum Gasteiger partial charge on any atom is -0.486 e. The molecule has 4 rings (SSSR count).